The Kier molecular flexibility index (Phi) is 5.08. The summed E-state index contributed by atoms with van der Waals surface area (Å²) in [6.45, 7) is 3.33. The summed E-state index contributed by atoms with van der Waals surface area (Å²) in [6.07, 6.45) is 6.20. The lowest BCUT2D eigenvalue weighted by Crippen LogP contribution is -2.09. The van der Waals surface area contributed by atoms with Gasteiger partial charge in [-0.25, -0.2) is 0 Å². The van der Waals surface area contributed by atoms with Gasteiger partial charge in [-0.3, -0.25) is 19.2 Å². The molecule has 5 nitrogen and oxygen atoms in total. The van der Waals surface area contributed by atoms with Gasteiger partial charge < -0.3 is 4.74 Å². The van der Waals surface area contributed by atoms with Crippen LogP contribution in [0, 0.1) is 0 Å². The van der Waals surface area contributed by atoms with Gasteiger partial charge in [0.05, 0.1) is 7.11 Å². The van der Waals surface area contributed by atoms with Crippen LogP contribution in [0.4, 0.5) is 0 Å². The Morgan fingerprint density at radius 3 is 1.60 bits per heavy atom. The summed E-state index contributed by atoms with van der Waals surface area (Å²) >= 11 is 0. The highest BCUT2D eigenvalue weighted by Gasteiger charge is 2.14. The number of ether oxygens (including phenoxy) is 1. The standard InChI is InChI=1S/C8H8O2.C7H6O3/c1-5-6(2)8(10)4-3-7(5)9;1-10-7-4-5(8)2-3-6(7)9/h3-4H,1-2H3;2-4H,1H3. The molecular formula is C15H14O5. The second-order valence-electron chi connectivity index (χ2n) is 4.12. The van der Waals surface area contributed by atoms with E-state index in [1.807, 2.05) is 0 Å². The third-order valence-electron chi connectivity index (χ3n) is 2.82. The molecule has 0 saturated heterocycles. The number of rotatable bonds is 1. The van der Waals surface area contributed by atoms with Crippen molar-refractivity contribution in [3.8, 4) is 0 Å². The predicted molar refractivity (Wildman–Crippen MR) is 71.8 cm³/mol. The van der Waals surface area contributed by atoms with Crippen molar-refractivity contribution in [2.45, 2.75) is 13.8 Å². The summed E-state index contributed by atoms with van der Waals surface area (Å²) in [7, 11) is 1.36. The number of carbonyl (C=O) groups is 4. The number of hydrogen-bond donors (Lipinski definition) is 0. The fraction of sp³-hybridized carbons (Fsp3) is 0.200. The highest BCUT2D eigenvalue weighted by molar-refractivity contribution is 6.19. The SMILES string of the molecule is CC1=C(C)C(=O)C=CC1=O.COC1=CC(=O)C=CC1=O. The van der Waals surface area contributed by atoms with Gasteiger partial charge in [0.15, 0.2) is 23.1 Å². The van der Waals surface area contributed by atoms with Gasteiger partial charge in [0, 0.05) is 17.2 Å². The van der Waals surface area contributed by atoms with E-state index >= 15 is 0 Å². The molecule has 2 rings (SSSR count). The molecule has 104 valence electrons. The summed E-state index contributed by atoms with van der Waals surface area (Å²) in [6, 6.07) is 0. The Hall–Kier alpha value is -2.56. The van der Waals surface area contributed by atoms with E-state index in [-0.39, 0.29) is 28.9 Å². The molecule has 0 saturated carbocycles. The topological polar surface area (TPSA) is 77.5 Å². The van der Waals surface area contributed by atoms with E-state index in [4.69, 9.17) is 0 Å². The quantitative estimate of drug-likeness (QED) is 0.673. The second kappa shape index (κ2) is 6.56. The van der Waals surface area contributed by atoms with Crippen molar-refractivity contribution in [2.24, 2.45) is 0 Å². The Balaban J connectivity index is 0.000000200. The first-order valence-corrected chi connectivity index (χ1v) is 5.83. The third-order valence-corrected chi connectivity index (χ3v) is 2.82. The molecule has 0 unspecified atom stereocenters. The fourth-order valence-electron chi connectivity index (χ4n) is 1.42. The maximum Gasteiger partial charge on any atom is 0.220 e. The minimum Gasteiger partial charge on any atom is -0.493 e. The highest BCUT2D eigenvalue weighted by atomic mass is 16.5. The average molecular weight is 274 g/mol. The molecule has 2 aliphatic carbocycles. The summed E-state index contributed by atoms with van der Waals surface area (Å²) in [5, 5.41) is 0. The van der Waals surface area contributed by atoms with Crippen LogP contribution < -0.4 is 0 Å². The minimum absolute atomic E-state index is 0.0582. The van der Waals surface area contributed by atoms with Gasteiger partial charge >= 0.3 is 0 Å². The maximum atomic E-state index is 10.9. The molecule has 0 atom stereocenters. The Labute approximate surface area is 116 Å². The summed E-state index contributed by atoms with van der Waals surface area (Å²) in [4.78, 5) is 43.0. The van der Waals surface area contributed by atoms with Gasteiger partial charge in [0.25, 0.3) is 0 Å². The zero-order valence-electron chi connectivity index (χ0n) is 11.4. The largest absolute Gasteiger partial charge is 0.493 e. The fourth-order valence-corrected chi connectivity index (χ4v) is 1.42. The maximum absolute atomic E-state index is 10.9. The monoisotopic (exact) mass is 274 g/mol. The van der Waals surface area contributed by atoms with Crippen LogP contribution in [0.3, 0.4) is 0 Å². The highest BCUT2D eigenvalue weighted by Crippen LogP contribution is 2.11. The number of allylic oxidation sites excluding steroid dienone is 7. The van der Waals surface area contributed by atoms with E-state index < -0.39 is 0 Å². The van der Waals surface area contributed by atoms with Crippen molar-refractivity contribution < 1.29 is 23.9 Å². The predicted octanol–water partition coefficient (Wildman–Crippen LogP) is 1.26. The van der Waals surface area contributed by atoms with E-state index in [1.54, 1.807) is 13.8 Å². The van der Waals surface area contributed by atoms with Crippen molar-refractivity contribution in [3.05, 3.63) is 47.3 Å². The lowest BCUT2D eigenvalue weighted by Gasteiger charge is -2.04. The van der Waals surface area contributed by atoms with Crippen LogP contribution in [0.2, 0.25) is 0 Å². The third kappa shape index (κ3) is 3.71. The first kappa shape index (κ1) is 15.5. The molecule has 0 radical (unpaired) electrons. The molecule has 0 aliphatic heterocycles. The van der Waals surface area contributed by atoms with Gasteiger partial charge in [0.2, 0.25) is 5.78 Å². The molecule has 5 heteroatoms. The van der Waals surface area contributed by atoms with Crippen LogP contribution in [0.15, 0.2) is 47.3 Å². The number of methoxy groups -OCH3 is 1. The molecule has 0 bridgehead atoms. The van der Waals surface area contributed by atoms with Gasteiger partial charge in [-0.15, -0.1) is 0 Å². The Morgan fingerprint density at radius 2 is 1.20 bits per heavy atom. The zero-order valence-corrected chi connectivity index (χ0v) is 11.4. The van der Waals surface area contributed by atoms with E-state index in [9.17, 15) is 19.2 Å². The van der Waals surface area contributed by atoms with Crippen LogP contribution in [0.25, 0.3) is 0 Å². The van der Waals surface area contributed by atoms with Crippen molar-refractivity contribution in [3.63, 3.8) is 0 Å². The first-order valence-electron chi connectivity index (χ1n) is 5.83. The summed E-state index contributed by atoms with van der Waals surface area (Å²) < 4.78 is 4.61. The zero-order chi connectivity index (χ0) is 15.3. The van der Waals surface area contributed by atoms with Crippen LogP contribution >= 0.6 is 0 Å². The molecule has 0 aromatic carbocycles. The van der Waals surface area contributed by atoms with Crippen molar-refractivity contribution in [1.29, 1.82) is 0 Å². The number of ketones is 4. The molecule has 20 heavy (non-hydrogen) atoms. The van der Waals surface area contributed by atoms with Crippen LogP contribution in [0.5, 0.6) is 0 Å². The van der Waals surface area contributed by atoms with Crippen LogP contribution in [-0.4, -0.2) is 30.2 Å². The van der Waals surface area contributed by atoms with Crippen molar-refractivity contribution >= 4 is 23.1 Å². The lowest BCUT2D eigenvalue weighted by atomic mass is 9.98. The Bertz CT molecular complexity index is 574. The molecule has 0 aromatic heterocycles. The van der Waals surface area contributed by atoms with Gasteiger partial charge in [-0.05, 0) is 38.2 Å². The smallest absolute Gasteiger partial charge is 0.220 e. The summed E-state index contributed by atoms with van der Waals surface area (Å²) in [5.41, 5.74) is 1.13. The second-order valence-corrected chi connectivity index (χ2v) is 4.12. The molecular weight excluding hydrogens is 260 g/mol. The average Bonchev–Trinajstić information content (AvgIpc) is 2.44. The van der Waals surface area contributed by atoms with Crippen LogP contribution in [0.1, 0.15) is 13.8 Å². The van der Waals surface area contributed by atoms with E-state index in [1.165, 1.54) is 37.5 Å². The van der Waals surface area contributed by atoms with Crippen molar-refractivity contribution in [1.82, 2.24) is 0 Å². The minimum atomic E-state index is -0.262. The normalized spacial score (nSPS) is 17.9. The molecule has 0 fully saturated rings. The molecule has 0 amide bonds. The van der Waals surface area contributed by atoms with Gasteiger partial charge in [-0.1, -0.05) is 0 Å². The van der Waals surface area contributed by atoms with Gasteiger partial charge in [-0.2, -0.15) is 0 Å². The molecule has 0 aromatic rings. The molecule has 2 aliphatic rings. The molecule has 0 heterocycles. The first-order chi connectivity index (χ1) is 9.36. The number of carbonyl (C=O) groups excluding carboxylic acids is 4. The van der Waals surface area contributed by atoms with E-state index in [2.05, 4.69) is 4.74 Å². The van der Waals surface area contributed by atoms with E-state index in [0.717, 1.165) is 0 Å². The molecule has 0 spiro atoms. The van der Waals surface area contributed by atoms with Crippen molar-refractivity contribution in [2.75, 3.05) is 7.11 Å². The van der Waals surface area contributed by atoms with Gasteiger partial charge in [0.1, 0.15) is 0 Å². The lowest BCUT2D eigenvalue weighted by molar-refractivity contribution is -0.116. The van der Waals surface area contributed by atoms with E-state index in [0.29, 0.717) is 11.1 Å². The molecule has 0 N–H and O–H groups in total. The number of hydrogen-bond acceptors (Lipinski definition) is 5. The Morgan fingerprint density at radius 1 is 0.750 bits per heavy atom. The van der Waals surface area contributed by atoms with Crippen LogP contribution in [-0.2, 0) is 23.9 Å². The summed E-state index contributed by atoms with van der Waals surface area (Å²) in [5.74, 6) is -0.486.